The van der Waals surface area contributed by atoms with Crippen molar-refractivity contribution in [2.75, 3.05) is 4.90 Å². The van der Waals surface area contributed by atoms with E-state index in [9.17, 15) is 0 Å². The summed E-state index contributed by atoms with van der Waals surface area (Å²) in [6.45, 7) is 0. The number of hydrogen-bond donors (Lipinski definition) is 0. The molecule has 3 heteroatoms. The van der Waals surface area contributed by atoms with Crippen molar-refractivity contribution in [2.24, 2.45) is 0 Å². The Hall–Kier alpha value is -7.72. The van der Waals surface area contributed by atoms with Crippen LogP contribution in [0, 0.1) is 0 Å². The molecule has 1 aliphatic carbocycles. The normalized spacial score (nSPS) is 12.7. The van der Waals surface area contributed by atoms with Gasteiger partial charge in [0.1, 0.15) is 5.58 Å². The highest BCUT2D eigenvalue weighted by Crippen LogP contribution is 2.51. The number of thiophene rings is 1. The van der Waals surface area contributed by atoms with Crippen molar-refractivity contribution in [3.63, 3.8) is 0 Å². The Kier molecular flexibility index (Phi) is 9.20. The number of furan rings is 1. The van der Waals surface area contributed by atoms with Gasteiger partial charge in [0.05, 0.1) is 11.4 Å². The van der Waals surface area contributed by atoms with Gasteiger partial charge in [0.15, 0.2) is 5.58 Å². The first kappa shape index (κ1) is 37.1. The molecule has 2 heterocycles. The fraction of sp³-hybridized carbons (Fsp3) is 0.0333. The van der Waals surface area contributed by atoms with E-state index in [-0.39, 0.29) is 0 Å². The van der Waals surface area contributed by atoms with Crippen molar-refractivity contribution < 1.29 is 4.42 Å². The van der Waals surface area contributed by atoms with Crippen LogP contribution in [0.5, 0.6) is 0 Å². The van der Waals surface area contributed by atoms with Crippen molar-refractivity contribution in [3.8, 4) is 44.5 Å². The first-order valence-electron chi connectivity index (χ1n) is 21.7. The average molecular weight is 824 g/mol. The van der Waals surface area contributed by atoms with E-state index in [2.05, 4.69) is 229 Å². The monoisotopic (exact) mass is 823 g/mol. The summed E-state index contributed by atoms with van der Waals surface area (Å²) in [4.78, 5) is 2.47. The van der Waals surface area contributed by atoms with E-state index in [1.807, 2.05) is 11.3 Å². The number of rotatable bonds is 8. The molecular weight excluding hydrogens is 783 g/mol. The highest BCUT2D eigenvalue weighted by molar-refractivity contribution is 7.26. The van der Waals surface area contributed by atoms with Crippen molar-refractivity contribution in [2.45, 2.75) is 12.8 Å². The van der Waals surface area contributed by atoms with Crippen LogP contribution in [0.4, 0.5) is 17.1 Å². The van der Waals surface area contributed by atoms with Crippen LogP contribution in [0.25, 0.3) is 92.2 Å². The number of fused-ring (bicyclic) bond motifs is 6. The fourth-order valence-electron chi connectivity index (χ4n) is 9.41. The van der Waals surface area contributed by atoms with Crippen molar-refractivity contribution >= 4 is 76.1 Å². The second-order valence-corrected chi connectivity index (χ2v) is 17.4. The molecule has 0 unspecified atom stereocenters. The third-order valence-electron chi connectivity index (χ3n) is 12.5. The molecule has 0 fully saturated rings. The molecule has 0 spiro atoms. The minimum Gasteiger partial charge on any atom is -0.454 e. The van der Waals surface area contributed by atoms with Crippen molar-refractivity contribution in [1.82, 2.24) is 0 Å². The summed E-state index contributed by atoms with van der Waals surface area (Å²) < 4.78 is 9.62. The molecule has 0 bridgehead atoms. The molecule has 12 rings (SSSR count). The van der Waals surface area contributed by atoms with Gasteiger partial charge in [-0.15, -0.1) is 11.3 Å². The average Bonchev–Trinajstić information content (AvgIpc) is 3.94. The molecule has 1 aliphatic rings. The van der Waals surface area contributed by atoms with Gasteiger partial charge in [0.2, 0.25) is 0 Å². The third-order valence-corrected chi connectivity index (χ3v) is 13.7. The third kappa shape index (κ3) is 6.66. The van der Waals surface area contributed by atoms with E-state index in [4.69, 9.17) is 4.42 Å². The van der Waals surface area contributed by atoms with E-state index in [1.54, 1.807) is 0 Å². The molecule has 298 valence electrons. The lowest BCUT2D eigenvalue weighted by atomic mass is 9.94. The van der Waals surface area contributed by atoms with E-state index < -0.39 is 0 Å². The Bertz CT molecular complexity index is 3540. The number of allylic oxidation sites excluding steroid dienone is 4. The van der Waals surface area contributed by atoms with Gasteiger partial charge in [-0.05, 0) is 117 Å². The summed E-state index contributed by atoms with van der Waals surface area (Å²) >= 11 is 1.88. The maximum atomic E-state index is 7.11. The van der Waals surface area contributed by atoms with Crippen molar-refractivity contribution in [1.29, 1.82) is 0 Å². The Labute approximate surface area is 370 Å². The van der Waals surface area contributed by atoms with Crippen LogP contribution in [0.15, 0.2) is 229 Å². The number of hydrogen-bond acceptors (Lipinski definition) is 3. The lowest BCUT2D eigenvalue weighted by Crippen LogP contribution is -2.11. The molecule has 11 aromatic rings. The zero-order valence-corrected chi connectivity index (χ0v) is 35.4. The van der Waals surface area contributed by atoms with Crippen LogP contribution in [0.3, 0.4) is 0 Å². The minimum atomic E-state index is 0.854. The number of nitrogens with zero attached hydrogens (tertiary/aromatic N) is 1. The maximum Gasteiger partial charge on any atom is 0.159 e. The molecule has 0 atom stereocenters. The molecular formula is C60H41NOS. The van der Waals surface area contributed by atoms with Crippen LogP contribution < -0.4 is 4.90 Å². The van der Waals surface area contributed by atoms with E-state index >= 15 is 0 Å². The van der Waals surface area contributed by atoms with Crippen LogP contribution in [0.2, 0.25) is 0 Å². The quantitative estimate of drug-likeness (QED) is 0.152. The number of anilines is 3. The second-order valence-electron chi connectivity index (χ2n) is 16.3. The van der Waals surface area contributed by atoms with Gasteiger partial charge in [-0.25, -0.2) is 0 Å². The topological polar surface area (TPSA) is 16.4 Å². The van der Waals surface area contributed by atoms with Gasteiger partial charge in [-0.1, -0.05) is 176 Å². The largest absolute Gasteiger partial charge is 0.454 e. The Morgan fingerprint density at radius 3 is 1.75 bits per heavy atom. The zero-order valence-electron chi connectivity index (χ0n) is 34.5. The summed E-state index contributed by atoms with van der Waals surface area (Å²) in [5, 5.41) is 4.64. The predicted molar refractivity (Wildman–Crippen MR) is 269 cm³/mol. The molecule has 0 saturated carbocycles. The standard InChI is InChI=1S/C60H41NOS/c1-6-17-40(18-7-1)45-29-31-51-52-27-16-28-55(59(52)62-56(51)38-45)61(49-36-47(42-21-10-3-11-22-42)35-48(37-49)43-23-12-4-13-24-43)54-34-33-50(44-25-14-5-15-26-44)60-58(54)53-32-30-46(39-57(53)63-60)41-19-8-2-9-20-41/h1-3,5-12,14-39H,4,13H2. The fourth-order valence-corrected chi connectivity index (χ4v) is 10.7. The summed E-state index contributed by atoms with van der Waals surface area (Å²) in [5.74, 6) is 0. The summed E-state index contributed by atoms with van der Waals surface area (Å²) in [5.41, 5.74) is 16.8. The first-order chi connectivity index (χ1) is 31.2. The highest BCUT2D eigenvalue weighted by Gasteiger charge is 2.26. The first-order valence-corrected chi connectivity index (χ1v) is 22.5. The van der Waals surface area contributed by atoms with Gasteiger partial charge in [-0.2, -0.15) is 0 Å². The zero-order chi connectivity index (χ0) is 41.7. The molecule has 63 heavy (non-hydrogen) atoms. The SMILES string of the molecule is C1=CC(c2cc(-c3ccccc3)cc(N(c3cccc4c3oc3cc(-c5ccccc5)ccc34)c3ccc(-c4ccccc4)c4sc5cc(-c6ccccc6)ccc5c34)c2)=CCC1. The minimum absolute atomic E-state index is 0.854. The van der Waals surface area contributed by atoms with Gasteiger partial charge >= 0.3 is 0 Å². The second kappa shape index (κ2) is 15.6. The van der Waals surface area contributed by atoms with Crippen LogP contribution in [-0.2, 0) is 0 Å². The lowest BCUT2D eigenvalue weighted by Gasteiger charge is -2.28. The van der Waals surface area contributed by atoms with Crippen LogP contribution in [-0.4, -0.2) is 0 Å². The van der Waals surface area contributed by atoms with E-state index in [1.165, 1.54) is 64.7 Å². The summed E-state index contributed by atoms with van der Waals surface area (Å²) in [6, 6.07) is 74.9. The lowest BCUT2D eigenvalue weighted by molar-refractivity contribution is 0.669. The molecule has 0 saturated heterocycles. The molecule has 2 nitrogen and oxygen atoms in total. The van der Waals surface area contributed by atoms with Crippen LogP contribution in [0.1, 0.15) is 18.4 Å². The van der Waals surface area contributed by atoms with Gasteiger partial charge < -0.3 is 9.32 Å². The summed E-state index contributed by atoms with van der Waals surface area (Å²) in [7, 11) is 0. The highest BCUT2D eigenvalue weighted by atomic mass is 32.1. The molecule has 9 aromatic carbocycles. The van der Waals surface area contributed by atoms with E-state index in [0.29, 0.717) is 0 Å². The Morgan fingerprint density at radius 1 is 0.429 bits per heavy atom. The van der Waals surface area contributed by atoms with Crippen molar-refractivity contribution in [3.05, 3.63) is 230 Å². The van der Waals surface area contributed by atoms with Gasteiger partial charge in [0.25, 0.3) is 0 Å². The van der Waals surface area contributed by atoms with E-state index in [0.717, 1.165) is 63.0 Å². The predicted octanol–water partition coefficient (Wildman–Crippen LogP) is 17.8. The van der Waals surface area contributed by atoms with Gasteiger partial charge in [0, 0.05) is 36.6 Å². The van der Waals surface area contributed by atoms with Gasteiger partial charge in [-0.3, -0.25) is 0 Å². The molecule has 2 aromatic heterocycles. The van der Waals surface area contributed by atoms with Crippen LogP contribution >= 0.6 is 11.3 Å². The number of benzene rings is 9. The maximum absolute atomic E-state index is 7.11. The molecule has 0 radical (unpaired) electrons. The summed E-state index contributed by atoms with van der Waals surface area (Å²) in [6.07, 6.45) is 9.05. The Morgan fingerprint density at radius 2 is 1.06 bits per heavy atom. The Balaban J connectivity index is 1.17. The molecule has 0 aliphatic heterocycles. The number of para-hydroxylation sites is 1. The smallest absolute Gasteiger partial charge is 0.159 e. The molecule has 0 N–H and O–H groups in total. The molecule has 0 amide bonds.